The molecule has 0 amide bonds. The molecular weight excluding hydrogens is 254 g/mol. The number of aromatic nitrogens is 2. The maximum Gasteiger partial charge on any atom is 0.0534 e. The van der Waals surface area contributed by atoms with Crippen LogP contribution in [0.15, 0.2) is 41.6 Å². The van der Waals surface area contributed by atoms with Crippen LogP contribution in [-0.4, -0.2) is 28.0 Å². The van der Waals surface area contributed by atoms with Crippen LogP contribution >= 0.6 is 11.8 Å². The van der Waals surface area contributed by atoms with Crippen molar-refractivity contribution in [2.45, 2.75) is 31.5 Å². The zero-order chi connectivity index (χ0) is 13.7. The summed E-state index contributed by atoms with van der Waals surface area (Å²) < 4.78 is 1.97. The van der Waals surface area contributed by atoms with Crippen molar-refractivity contribution in [1.29, 1.82) is 0 Å². The van der Waals surface area contributed by atoms with Crippen LogP contribution in [0.5, 0.6) is 0 Å². The van der Waals surface area contributed by atoms with Gasteiger partial charge >= 0.3 is 0 Å². The van der Waals surface area contributed by atoms with E-state index in [1.165, 1.54) is 16.0 Å². The van der Waals surface area contributed by atoms with E-state index in [1.54, 1.807) is 0 Å². The Labute approximate surface area is 119 Å². The van der Waals surface area contributed by atoms with Gasteiger partial charge in [-0.2, -0.15) is 5.10 Å². The predicted octanol–water partition coefficient (Wildman–Crippen LogP) is 3.26. The first-order valence-electron chi connectivity index (χ1n) is 6.54. The van der Waals surface area contributed by atoms with Crippen molar-refractivity contribution in [3.8, 4) is 0 Å². The van der Waals surface area contributed by atoms with Crippen LogP contribution < -0.4 is 0 Å². The van der Waals surface area contributed by atoms with Crippen molar-refractivity contribution < 1.29 is 0 Å². The Morgan fingerprint density at radius 3 is 2.74 bits per heavy atom. The molecule has 1 heterocycles. The minimum atomic E-state index is 0.930. The Balaban J connectivity index is 1.98. The second-order valence-electron chi connectivity index (χ2n) is 4.69. The fraction of sp³-hybridized carbons (Fsp3) is 0.400. The Morgan fingerprint density at radius 2 is 2.05 bits per heavy atom. The van der Waals surface area contributed by atoms with Gasteiger partial charge in [0.15, 0.2) is 0 Å². The molecule has 3 nitrogen and oxygen atoms in total. The minimum absolute atomic E-state index is 0.930. The highest BCUT2D eigenvalue weighted by Crippen LogP contribution is 2.21. The Kier molecular flexibility index (Phi) is 5.05. The maximum atomic E-state index is 4.31. The predicted molar refractivity (Wildman–Crippen MR) is 81.3 cm³/mol. The van der Waals surface area contributed by atoms with E-state index in [0.29, 0.717) is 0 Å². The molecule has 0 aliphatic carbocycles. The van der Waals surface area contributed by atoms with Crippen molar-refractivity contribution in [1.82, 2.24) is 14.7 Å². The Morgan fingerprint density at radius 1 is 1.26 bits per heavy atom. The highest BCUT2D eigenvalue weighted by Gasteiger charge is 2.06. The molecule has 102 valence electrons. The Bertz CT molecular complexity index is 522. The summed E-state index contributed by atoms with van der Waals surface area (Å²) in [5, 5.41) is 4.31. The minimum Gasteiger partial charge on any atom is -0.298 e. The molecular formula is C15H21N3S. The van der Waals surface area contributed by atoms with E-state index < -0.39 is 0 Å². The van der Waals surface area contributed by atoms with E-state index >= 15 is 0 Å². The third-order valence-electron chi connectivity index (χ3n) is 3.10. The smallest absolute Gasteiger partial charge is 0.0534 e. The molecule has 0 fully saturated rings. The standard InChI is InChI=1S/C15H21N3S/c1-4-18-11-13(9-16-18)10-17(2)12-14-7-5-6-8-15(14)19-3/h5-9,11H,4,10,12H2,1-3H3. The van der Waals surface area contributed by atoms with Crippen LogP contribution in [-0.2, 0) is 19.6 Å². The van der Waals surface area contributed by atoms with Gasteiger partial charge in [-0.15, -0.1) is 11.8 Å². The maximum absolute atomic E-state index is 4.31. The van der Waals surface area contributed by atoms with E-state index in [4.69, 9.17) is 0 Å². The number of thioether (sulfide) groups is 1. The van der Waals surface area contributed by atoms with Gasteiger partial charge in [0.05, 0.1) is 6.20 Å². The van der Waals surface area contributed by atoms with Crippen LogP contribution in [0.2, 0.25) is 0 Å². The van der Waals surface area contributed by atoms with Gasteiger partial charge in [0.2, 0.25) is 0 Å². The molecule has 1 aromatic carbocycles. The molecule has 0 saturated carbocycles. The molecule has 0 unspecified atom stereocenters. The summed E-state index contributed by atoms with van der Waals surface area (Å²) in [5.41, 5.74) is 2.66. The summed E-state index contributed by atoms with van der Waals surface area (Å²) in [6.45, 7) is 4.94. The molecule has 0 saturated heterocycles. The molecule has 19 heavy (non-hydrogen) atoms. The van der Waals surface area contributed by atoms with Gasteiger partial charge < -0.3 is 0 Å². The Hall–Kier alpha value is -1.26. The molecule has 2 rings (SSSR count). The lowest BCUT2D eigenvalue weighted by Gasteiger charge is -2.17. The third-order valence-corrected chi connectivity index (χ3v) is 3.93. The van der Waals surface area contributed by atoms with Crippen molar-refractivity contribution in [2.75, 3.05) is 13.3 Å². The average Bonchev–Trinajstić information content (AvgIpc) is 2.87. The molecule has 0 radical (unpaired) electrons. The van der Waals surface area contributed by atoms with Crippen molar-refractivity contribution in [2.24, 2.45) is 0 Å². The van der Waals surface area contributed by atoms with E-state index in [9.17, 15) is 0 Å². The number of hydrogen-bond donors (Lipinski definition) is 0. The quantitative estimate of drug-likeness (QED) is 0.755. The molecule has 0 N–H and O–H groups in total. The lowest BCUT2D eigenvalue weighted by Crippen LogP contribution is -2.17. The number of aryl methyl sites for hydroxylation is 1. The lowest BCUT2D eigenvalue weighted by atomic mass is 10.2. The van der Waals surface area contributed by atoms with Crippen LogP contribution in [0.3, 0.4) is 0 Å². The normalized spacial score (nSPS) is 11.2. The SMILES string of the molecule is CCn1cc(CN(C)Cc2ccccc2SC)cn1. The van der Waals surface area contributed by atoms with Crippen molar-refractivity contribution in [3.63, 3.8) is 0 Å². The van der Waals surface area contributed by atoms with Crippen LogP contribution in [0, 0.1) is 0 Å². The highest BCUT2D eigenvalue weighted by atomic mass is 32.2. The first kappa shape index (κ1) is 14.2. The zero-order valence-corrected chi connectivity index (χ0v) is 12.7. The summed E-state index contributed by atoms with van der Waals surface area (Å²) in [6, 6.07) is 8.60. The van der Waals surface area contributed by atoms with E-state index in [-0.39, 0.29) is 0 Å². The van der Waals surface area contributed by atoms with Gasteiger partial charge in [0.1, 0.15) is 0 Å². The van der Waals surface area contributed by atoms with Crippen molar-refractivity contribution in [3.05, 3.63) is 47.8 Å². The van der Waals surface area contributed by atoms with Crippen LogP contribution in [0.4, 0.5) is 0 Å². The molecule has 0 bridgehead atoms. The molecule has 2 aromatic rings. The van der Waals surface area contributed by atoms with E-state index in [2.05, 4.69) is 60.7 Å². The number of rotatable bonds is 6. The third kappa shape index (κ3) is 3.85. The van der Waals surface area contributed by atoms with Gasteiger partial charge in [0, 0.05) is 36.3 Å². The van der Waals surface area contributed by atoms with E-state index in [0.717, 1.165) is 19.6 Å². The summed E-state index contributed by atoms with van der Waals surface area (Å²) in [5.74, 6) is 0. The number of nitrogens with zero attached hydrogens (tertiary/aromatic N) is 3. The molecule has 4 heteroatoms. The zero-order valence-electron chi connectivity index (χ0n) is 11.8. The highest BCUT2D eigenvalue weighted by molar-refractivity contribution is 7.98. The van der Waals surface area contributed by atoms with E-state index in [1.807, 2.05) is 22.6 Å². The fourth-order valence-corrected chi connectivity index (χ4v) is 2.76. The largest absolute Gasteiger partial charge is 0.298 e. The monoisotopic (exact) mass is 275 g/mol. The lowest BCUT2D eigenvalue weighted by molar-refractivity contribution is 0.316. The molecule has 0 spiro atoms. The summed E-state index contributed by atoms with van der Waals surface area (Å²) in [4.78, 5) is 3.69. The number of hydrogen-bond acceptors (Lipinski definition) is 3. The summed E-state index contributed by atoms with van der Waals surface area (Å²) in [7, 11) is 2.15. The molecule has 0 atom stereocenters. The second kappa shape index (κ2) is 6.78. The van der Waals surface area contributed by atoms with Crippen molar-refractivity contribution >= 4 is 11.8 Å². The number of benzene rings is 1. The fourth-order valence-electron chi connectivity index (χ4n) is 2.15. The van der Waals surface area contributed by atoms with Crippen LogP contribution in [0.1, 0.15) is 18.1 Å². The summed E-state index contributed by atoms with van der Waals surface area (Å²) >= 11 is 1.81. The van der Waals surface area contributed by atoms with Gasteiger partial charge in [-0.25, -0.2) is 0 Å². The molecule has 0 aliphatic rings. The van der Waals surface area contributed by atoms with Gasteiger partial charge in [-0.3, -0.25) is 9.58 Å². The summed E-state index contributed by atoms with van der Waals surface area (Å²) in [6.07, 6.45) is 6.21. The first-order valence-corrected chi connectivity index (χ1v) is 7.77. The van der Waals surface area contributed by atoms with Crippen LogP contribution in [0.25, 0.3) is 0 Å². The average molecular weight is 275 g/mol. The second-order valence-corrected chi connectivity index (χ2v) is 5.54. The molecule has 1 aromatic heterocycles. The van der Waals surface area contributed by atoms with Gasteiger partial charge in [-0.1, -0.05) is 18.2 Å². The molecule has 0 aliphatic heterocycles. The first-order chi connectivity index (χ1) is 9.22. The topological polar surface area (TPSA) is 21.1 Å². The van der Waals surface area contributed by atoms with Gasteiger partial charge in [-0.05, 0) is 31.9 Å². The van der Waals surface area contributed by atoms with Gasteiger partial charge in [0.25, 0.3) is 0 Å².